The third-order valence-corrected chi connectivity index (χ3v) is 6.92. The van der Waals surface area contributed by atoms with Gasteiger partial charge in [0.25, 0.3) is 0 Å². The fraction of sp³-hybridized carbons (Fsp3) is 0.407. The number of rotatable bonds is 7. The number of phenols is 3. The topological polar surface area (TPSA) is 235 Å². The van der Waals surface area contributed by atoms with Gasteiger partial charge in [0, 0.05) is 30.7 Å². The number of aliphatic hydroxyl groups excluding tert-OH is 4. The molecule has 226 valence electrons. The van der Waals surface area contributed by atoms with E-state index >= 15 is 0 Å². The Morgan fingerprint density at radius 3 is 2.45 bits per heavy atom. The second-order valence-corrected chi connectivity index (χ2v) is 9.91. The lowest BCUT2D eigenvalue weighted by atomic mass is 10.00. The molecule has 3 aromatic rings. The Kier molecular flexibility index (Phi) is 8.00. The Balaban J connectivity index is 1.43. The van der Waals surface area contributed by atoms with E-state index in [1.54, 1.807) is 0 Å². The molecule has 5 rings (SSSR count). The molecule has 0 unspecified atom stereocenters. The number of hydrogen-bond acceptors (Lipinski definition) is 15. The summed E-state index contributed by atoms with van der Waals surface area (Å²) >= 11 is 0. The predicted molar refractivity (Wildman–Crippen MR) is 137 cm³/mol. The second kappa shape index (κ2) is 11.4. The molecule has 2 saturated heterocycles. The highest BCUT2D eigenvalue weighted by molar-refractivity contribution is 5.86. The van der Waals surface area contributed by atoms with Crippen LogP contribution in [-0.4, -0.2) is 104 Å². The maximum absolute atomic E-state index is 12.8. The van der Waals surface area contributed by atoms with Gasteiger partial charge in [-0.15, -0.1) is 0 Å². The highest BCUT2D eigenvalue weighted by atomic mass is 16.8. The quantitative estimate of drug-likeness (QED) is 0.134. The van der Waals surface area contributed by atoms with E-state index in [9.17, 15) is 45.3 Å². The van der Waals surface area contributed by atoms with Crippen LogP contribution >= 0.6 is 0 Å². The summed E-state index contributed by atoms with van der Waals surface area (Å²) in [7, 11) is 0. The third kappa shape index (κ3) is 5.46. The van der Waals surface area contributed by atoms with E-state index in [0.29, 0.717) is 0 Å². The molecule has 0 spiro atoms. The number of fused-ring (bicyclic) bond motifs is 1. The van der Waals surface area contributed by atoms with Crippen LogP contribution in [0, 0.1) is 0 Å². The highest BCUT2D eigenvalue weighted by Crippen LogP contribution is 2.36. The van der Waals surface area contributed by atoms with Crippen LogP contribution in [-0.2, 0) is 23.7 Å². The number of esters is 1. The molecule has 2 fully saturated rings. The van der Waals surface area contributed by atoms with E-state index in [4.69, 9.17) is 28.1 Å². The van der Waals surface area contributed by atoms with Crippen molar-refractivity contribution in [3.63, 3.8) is 0 Å². The van der Waals surface area contributed by atoms with Crippen molar-refractivity contribution in [1.29, 1.82) is 0 Å². The van der Waals surface area contributed by atoms with Crippen LogP contribution in [0.1, 0.15) is 6.92 Å². The van der Waals surface area contributed by atoms with Gasteiger partial charge >= 0.3 is 5.97 Å². The zero-order chi connectivity index (χ0) is 30.3. The molecule has 0 aliphatic carbocycles. The van der Waals surface area contributed by atoms with E-state index in [2.05, 4.69) is 0 Å². The van der Waals surface area contributed by atoms with Gasteiger partial charge in [0.1, 0.15) is 46.5 Å². The number of aromatic hydroxyl groups is 3. The molecule has 0 amide bonds. The Morgan fingerprint density at radius 1 is 1.00 bits per heavy atom. The summed E-state index contributed by atoms with van der Waals surface area (Å²) < 4.78 is 33.2. The number of carbonyl (C=O) groups is 1. The molecule has 15 heteroatoms. The summed E-state index contributed by atoms with van der Waals surface area (Å²) in [6, 6.07) is 7.20. The normalized spacial score (nSPS) is 29.5. The molecule has 0 bridgehead atoms. The van der Waals surface area contributed by atoms with Crippen LogP contribution in [0.25, 0.3) is 22.3 Å². The Bertz CT molecular complexity index is 1540. The molecule has 0 radical (unpaired) electrons. The molecule has 2 aliphatic heterocycles. The second-order valence-electron chi connectivity index (χ2n) is 9.91. The molecule has 7 atom stereocenters. The molecular weight excluding hydrogens is 564 g/mol. The van der Waals surface area contributed by atoms with Gasteiger partial charge in [-0.25, -0.2) is 0 Å². The van der Waals surface area contributed by atoms with Crippen LogP contribution in [0.4, 0.5) is 0 Å². The minimum atomic E-state index is -1.83. The highest BCUT2D eigenvalue weighted by Gasteiger charge is 2.55. The van der Waals surface area contributed by atoms with Crippen molar-refractivity contribution in [3.05, 3.63) is 46.6 Å². The number of aliphatic hydroxyl groups is 4. The zero-order valence-electron chi connectivity index (χ0n) is 21.9. The Hall–Kier alpha value is -3.96. The molecule has 2 aliphatic rings. The lowest BCUT2D eigenvalue weighted by Gasteiger charge is -2.39. The number of carbonyl (C=O) groups excluding carboxylic acids is 1. The van der Waals surface area contributed by atoms with Crippen molar-refractivity contribution < 1.29 is 68.6 Å². The molecule has 42 heavy (non-hydrogen) atoms. The molecule has 15 nitrogen and oxygen atoms in total. The van der Waals surface area contributed by atoms with Crippen molar-refractivity contribution in [2.45, 2.75) is 49.5 Å². The third-order valence-electron chi connectivity index (χ3n) is 6.92. The molecule has 1 aromatic heterocycles. The first kappa shape index (κ1) is 29.5. The van der Waals surface area contributed by atoms with Gasteiger partial charge in [0.2, 0.25) is 6.29 Å². The molecule has 0 saturated carbocycles. The van der Waals surface area contributed by atoms with E-state index < -0.39 is 85.3 Å². The zero-order valence-corrected chi connectivity index (χ0v) is 21.9. The smallest absolute Gasteiger partial charge is 0.303 e. The molecule has 7 N–H and O–H groups in total. The van der Waals surface area contributed by atoms with Crippen molar-refractivity contribution in [3.8, 4) is 34.3 Å². The fourth-order valence-electron chi connectivity index (χ4n) is 4.74. The van der Waals surface area contributed by atoms with Gasteiger partial charge in [-0.05, 0) is 18.2 Å². The number of ether oxygens (including phenoxy) is 5. The van der Waals surface area contributed by atoms with Gasteiger partial charge in [-0.2, -0.15) is 0 Å². The van der Waals surface area contributed by atoms with Gasteiger partial charge in [-0.3, -0.25) is 9.59 Å². The van der Waals surface area contributed by atoms with E-state index in [1.165, 1.54) is 24.3 Å². The first-order chi connectivity index (χ1) is 19.9. The lowest BCUT2D eigenvalue weighted by molar-refractivity contribution is -0.298. The molecule has 3 heterocycles. The summed E-state index contributed by atoms with van der Waals surface area (Å²) in [5, 5.41) is 71.2. The van der Waals surface area contributed by atoms with E-state index in [0.717, 1.165) is 19.1 Å². The van der Waals surface area contributed by atoms with Crippen molar-refractivity contribution in [2.24, 2.45) is 0 Å². The standard InChI is InChI=1S/C27H28O15/c1-11(29)42-27(9-28)10-38-26(24(27)36)41-23-22(35)18(34)8-37-25(23)39-13-5-16(32)21-17(33)7-19(40-20(21)6-13)12-2-3-14(30)15(31)4-12/h2-7,18,22-26,28,30-32,34-36H,8-10H2,1H3/t18-,22-,23-,24-,25+,26-,27+/m0/s1. The number of hydrogen-bond donors (Lipinski definition) is 7. The monoisotopic (exact) mass is 592 g/mol. The minimum absolute atomic E-state index is 0.000497. The Labute approximate surface area is 236 Å². The van der Waals surface area contributed by atoms with E-state index in [-0.39, 0.29) is 33.8 Å². The van der Waals surface area contributed by atoms with Crippen molar-refractivity contribution >= 4 is 16.9 Å². The number of phenolic OH excluding ortho intramolecular Hbond substituents is 3. The first-order valence-corrected chi connectivity index (χ1v) is 12.7. The SMILES string of the molecule is CC(=O)O[C@]1(CO)CO[C@@H](O[C@@H]2[C@@H](Oc3cc(O)c4c(=O)cc(-c5ccc(O)c(O)c5)oc4c3)OC[C@H](O)[C@@H]2O)[C@@H]1O. The maximum Gasteiger partial charge on any atom is 0.303 e. The van der Waals surface area contributed by atoms with Gasteiger partial charge in [0.15, 0.2) is 34.9 Å². The summed E-state index contributed by atoms with van der Waals surface area (Å²) in [6.07, 6.45) is -9.30. The first-order valence-electron chi connectivity index (χ1n) is 12.7. The summed E-state index contributed by atoms with van der Waals surface area (Å²) in [4.78, 5) is 24.3. The van der Waals surface area contributed by atoms with Crippen LogP contribution in [0.3, 0.4) is 0 Å². The number of benzene rings is 2. The minimum Gasteiger partial charge on any atom is -0.507 e. The predicted octanol–water partition coefficient (Wildman–Crippen LogP) is -0.570. The largest absolute Gasteiger partial charge is 0.507 e. The van der Waals surface area contributed by atoms with Gasteiger partial charge < -0.3 is 63.8 Å². The summed E-state index contributed by atoms with van der Waals surface area (Å²) in [5.41, 5.74) is -2.33. The van der Waals surface area contributed by atoms with Gasteiger partial charge in [-0.1, -0.05) is 0 Å². The van der Waals surface area contributed by atoms with Crippen molar-refractivity contribution in [2.75, 3.05) is 19.8 Å². The van der Waals surface area contributed by atoms with Crippen LogP contribution in [0.15, 0.2) is 45.6 Å². The average Bonchev–Trinajstić information content (AvgIpc) is 3.23. The van der Waals surface area contributed by atoms with Crippen LogP contribution in [0.2, 0.25) is 0 Å². The average molecular weight is 593 g/mol. The fourth-order valence-corrected chi connectivity index (χ4v) is 4.74. The summed E-state index contributed by atoms with van der Waals surface area (Å²) in [5.74, 6) is -2.26. The Morgan fingerprint density at radius 2 is 1.76 bits per heavy atom. The lowest BCUT2D eigenvalue weighted by Crippen LogP contribution is -2.58. The van der Waals surface area contributed by atoms with E-state index in [1.807, 2.05) is 0 Å². The van der Waals surface area contributed by atoms with Crippen LogP contribution < -0.4 is 10.2 Å². The van der Waals surface area contributed by atoms with Gasteiger partial charge in [0.05, 0.1) is 19.8 Å². The molecular formula is C27H28O15. The molecule has 2 aromatic carbocycles. The maximum atomic E-state index is 12.8. The summed E-state index contributed by atoms with van der Waals surface area (Å²) in [6.45, 7) is -0.550. The van der Waals surface area contributed by atoms with Crippen LogP contribution in [0.5, 0.6) is 23.0 Å². The van der Waals surface area contributed by atoms with Crippen molar-refractivity contribution in [1.82, 2.24) is 0 Å².